The number of carbonyl (C=O) groups is 4. The van der Waals surface area contributed by atoms with E-state index in [2.05, 4.69) is 4.74 Å². The Balaban J connectivity index is 1.90. The Hall–Kier alpha value is -3.65. The van der Waals surface area contributed by atoms with Crippen LogP contribution >= 0.6 is 7.82 Å². The third-order valence-electron chi connectivity index (χ3n) is 5.95. The van der Waals surface area contributed by atoms with Gasteiger partial charge in [-0.2, -0.15) is 0 Å². The molecule has 2 aromatic carbocycles. The molecule has 3 rings (SSSR count). The highest BCUT2D eigenvalue weighted by Crippen LogP contribution is 2.51. The van der Waals surface area contributed by atoms with Gasteiger partial charge in [0.2, 0.25) is 0 Å². The summed E-state index contributed by atoms with van der Waals surface area (Å²) >= 11 is 0. The number of hydrogen-bond donors (Lipinski definition) is 0. The number of ether oxygens (including phenoxy) is 6. The lowest BCUT2D eigenvalue weighted by Crippen LogP contribution is -2.63. The maximum atomic E-state index is 13.9. The molecule has 0 spiro atoms. The van der Waals surface area contributed by atoms with Crippen molar-refractivity contribution in [1.82, 2.24) is 0 Å². The topological polar surface area (TPSA) is 168 Å². The first-order chi connectivity index (χ1) is 21.0. The largest absolute Gasteiger partial charge is 0.475 e. The average molecular weight is 639 g/mol. The molecular weight excluding hydrogens is 603 g/mol. The molecule has 0 aliphatic carbocycles. The van der Waals surface area contributed by atoms with E-state index in [1.54, 1.807) is 48.5 Å². The van der Waals surface area contributed by atoms with Gasteiger partial charge in [0, 0.05) is 20.8 Å². The van der Waals surface area contributed by atoms with E-state index in [0.29, 0.717) is 11.1 Å². The molecule has 1 heterocycles. The van der Waals surface area contributed by atoms with E-state index in [1.165, 1.54) is 0 Å². The molecule has 2 unspecified atom stereocenters. The summed E-state index contributed by atoms with van der Waals surface area (Å²) in [4.78, 5) is 48.0. The van der Waals surface area contributed by atoms with E-state index >= 15 is 0 Å². The molecule has 1 aliphatic rings. The molecule has 0 aromatic heterocycles. The van der Waals surface area contributed by atoms with Gasteiger partial charge in [-0.25, -0.2) is 9.36 Å². The minimum Gasteiger partial charge on any atom is -0.467 e. The predicted octanol–water partition coefficient (Wildman–Crippen LogP) is 3.25. The van der Waals surface area contributed by atoms with Crippen molar-refractivity contribution in [2.75, 3.05) is 20.3 Å². The van der Waals surface area contributed by atoms with Crippen LogP contribution < -0.4 is 0 Å². The van der Waals surface area contributed by atoms with E-state index in [1.807, 2.05) is 12.1 Å². The van der Waals surface area contributed by atoms with Crippen LogP contribution in [0.25, 0.3) is 0 Å². The summed E-state index contributed by atoms with van der Waals surface area (Å²) in [6.07, 6.45) is -7.32. The van der Waals surface area contributed by atoms with Crippen LogP contribution in [0.15, 0.2) is 60.7 Å². The van der Waals surface area contributed by atoms with E-state index in [4.69, 9.17) is 37.3 Å². The molecule has 1 fully saturated rings. The fourth-order valence-corrected chi connectivity index (χ4v) is 5.23. The highest BCUT2D eigenvalue weighted by molar-refractivity contribution is 7.48. The van der Waals surface area contributed by atoms with Crippen LogP contribution in [0.2, 0.25) is 0 Å². The maximum absolute atomic E-state index is 13.9. The molecule has 1 saturated heterocycles. The zero-order valence-corrected chi connectivity index (χ0v) is 25.5. The monoisotopic (exact) mass is 638 g/mol. The van der Waals surface area contributed by atoms with Gasteiger partial charge in [-0.15, -0.1) is 0 Å². The van der Waals surface area contributed by atoms with Gasteiger partial charge in [-0.1, -0.05) is 60.7 Å². The van der Waals surface area contributed by atoms with E-state index < -0.39 is 75.6 Å². The Bertz CT molecular complexity index is 1240. The van der Waals surface area contributed by atoms with Gasteiger partial charge in [-0.05, 0) is 11.1 Å². The lowest BCUT2D eigenvalue weighted by molar-refractivity contribution is -0.306. The molecule has 0 N–H and O–H groups in total. The number of esters is 4. The number of rotatable bonds is 15. The molecule has 0 radical (unpaired) electrons. The molecule has 240 valence electrons. The Morgan fingerprint density at radius 3 is 1.66 bits per heavy atom. The second-order valence-corrected chi connectivity index (χ2v) is 11.1. The zero-order chi connectivity index (χ0) is 32.1. The third kappa shape index (κ3) is 11.1. The maximum Gasteiger partial charge on any atom is 0.475 e. The quantitative estimate of drug-likeness (QED) is 0.158. The van der Waals surface area contributed by atoms with Crippen molar-refractivity contribution in [3.8, 4) is 0 Å². The van der Waals surface area contributed by atoms with Gasteiger partial charge in [0.05, 0.1) is 26.9 Å². The summed E-state index contributed by atoms with van der Waals surface area (Å²) in [5.41, 5.74) is 1.36. The van der Waals surface area contributed by atoms with Gasteiger partial charge >= 0.3 is 31.7 Å². The molecule has 5 atom stereocenters. The first kappa shape index (κ1) is 34.8. The molecule has 15 heteroatoms. The van der Waals surface area contributed by atoms with Crippen LogP contribution in [-0.4, -0.2) is 74.9 Å². The van der Waals surface area contributed by atoms with E-state index in [-0.39, 0.29) is 13.2 Å². The fraction of sp³-hybridized carbons (Fsp3) is 0.448. The lowest BCUT2D eigenvalue weighted by Gasteiger charge is -2.44. The molecular formula is C29H35O14P. The number of benzene rings is 2. The second-order valence-electron chi connectivity index (χ2n) is 9.41. The summed E-state index contributed by atoms with van der Waals surface area (Å²) in [6.45, 7) is 1.74. The van der Waals surface area contributed by atoms with Gasteiger partial charge < -0.3 is 28.4 Å². The zero-order valence-electron chi connectivity index (χ0n) is 24.7. The second kappa shape index (κ2) is 17.0. The number of carbonyl (C=O) groups excluding carboxylic acids is 4. The number of methoxy groups -OCH3 is 1. The van der Waals surface area contributed by atoms with Crippen molar-refractivity contribution < 1.29 is 65.7 Å². The van der Waals surface area contributed by atoms with Crippen LogP contribution in [0.5, 0.6) is 0 Å². The van der Waals surface area contributed by atoms with Gasteiger partial charge in [0.15, 0.2) is 24.6 Å². The Kier molecular flexibility index (Phi) is 13.5. The summed E-state index contributed by atoms with van der Waals surface area (Å²) in [5.74, 6) is -3.23. The van der Waals surface area contributed by atoms with Crippen LogP contribution in [0.4, 0.5) is 0 Å². The number of hydrogen-bond acceptors (Lipinski definition) is 14. The molecule has 1 aliphatic heterocycles. The van der Waals surface area contributed by atoms with Crippen molar-refractivity contribution in [3.63, 3.8) is 0 Å². The highest BCUT2D eigenvalue weighted by Gasteiger charge is 2.53. The highest BCUT2D eigenvalue weighted by atomic mass is 31.2. The lowest BCUT2D eigenvalue weighted by atomic mass is 9.98. The van der Waals surface area contributed by atoms with Crippen LogP contribution in [0.1, 0.15) is 31.9 Å². The first-order valence-electron chi connectivity index (χ1n) is 13.5. The first-order valence-corrected chi connectivity index (χ1v) is 14.9. The fourth-order valence-electron chi connectivity index (χ4n) is 4.06. The summed E-state index contributed by atoms with van der Waals surface area (Å²) < 4.78 is 62.9. The van der Waals surface area contributed by atoms with Crippen LogP contribution in [0.3, 0.4) is 0 Å². The molecule has 44 heavy (non-hydrogen) atoms. The average Bonchev–Trinajstić information content (AvgIpc) is 3.00. The number of phosphoric acid groups is 1. The van der Waals surface area contributed by atoms with Gasteiger partial charge in [-0.3, -0.25) is 28.0 Å². The van der Waals surface area contributed by atoms with Crippen LogP contribution in [-0.2, 0) is 78.9 Å². The minimum atomic E-state index is -4.35. The van der Waals surface area contributed by atoms with Crippen molar-refractivity contribution >= 4 is 31.7 Å². The van der Waals surface area contributed by atoms with Crippen molar-refractivity contribution in [3.05, 3.63) is 71.8 Å². The standard InChI is InChI=1S/C29H35O14P/c1-19(30)40-26-24(43-29(36-18-25(33)35-4)28(42-21(3)32)27(26)41-20(2)31)17-39-44(34,37-15-22-11-7-5-8-12-22)38-16-23-13-9-6-10-14-23/h5-14,24,26-29H,15-18H2,1-4H3/t24?,26-,27-,28+,29?/m0/s1. The Morgan fingerprint density at radius 2 is 1.18 bits per heavy atom. The van der Waals surface area contributed by atoms with Gasteiger partial charge in [0.1, 0.15) is 12.7 Å². The van der Waals surface area contributed by atoms with E-state index in [9.17, 15) is 23.7 Å². The predicted molar refractivity (Wildman–Crippen MR) is 149 cm³/mol. The summed E-state index contributed by atoms with van der Waals surface area (Å²) in [5, 5.41) is 0. The van der Waals surface area contributed by atoms with Crippen LogP contribution in [0, 0.1) is 0 Å². The number of phosphoric ester groups is 1. The molecule has 0 bridgehead atoms. The third-order valence-corrected chi connectivity index (χ3v) is 7.31. The molecule has 2 aromatic rings. The van der Waals surface area contributed by atoms with Gasteiger partial charge in [0.25, 0.3) is 0 Å². The Labute approximate surface area is 254 Å². The van der Waals surface area contributed by atoms with Crippen molar-refractivity contribution in [2.45, 2.75) is 64.7 Å². The summed E-state index contributed by atoms with van der Waals surface area (Å²) in [7, 11) is -3.21. The van der Waals surface area contributed by atoms with Crippen molar-refractivity contribution in [1.29, 1.82) is 0 Å². The normalized spacial score (nSPS) is 21.6. The molecule has 0 amide bonds. The molecule has 14 nitrogen and oxygen atoms in total. The smallest absolute Gasteiger partial charge is 0.467 e. The Morgan fingerprint density at radius 1 is 0.705 bits per heavy atom. The van der Waals surface area contributed by atoms with Crippen molar-refractivity contribution in [2.24, 2.45) is 0 Å². The minimum absolute atomic E-state index is 0.138. The van der Waals surface area contributed by atoms with E-state index in [0.717, 1.165) is 27.9 Å². The molecule has 0 saturated carbocycles. The SMILES string of the molecule is COC(=O)COC1OC(COP(=O)(OCc2ccccc2)OCc2ccccc2)[C@H](OC(C)=O)[C@H](OC(C)=O)[C@H]1OC(C)=O. The summed E-state index contributed by atoms with van der Waals surface area (Å²) in [6, 6.07) is 17.7.